The van der Waals surface area contributed by atoms with Gasteiger partial charge in [0, 0.05) is 12.0 Å². The lowest BCUT2D eigenvalue weighted by Crippen LogP contribution is -2.09. The second kappa shape index (κ2) is 7.30. The molecule has 0 radical (unpaired) electrons. The number of carboxylic acid groups (broad SMARTS) is 1. The van der Waals surface area contributed by atoms with Crippen LogP contribution < -0.4 is 5.73 Å². The summed E-state index contributed by atoms with van der Waals surface area (Å²) in [6.45, 7) is 0. The zero-order valence-corrected chi connectivity index (χ0v) is 12.2. The van der Waals surface area contributed by atoms with E-state index in [2.05, 4.69) is 0 Å². The molecule has 122 valence electrons. The number of halogens is 2. The highest BCUT2D eigenvalue weighted by molar-refractivity contribution is 5.73. The number of benzene rings is 2. The van der Waals surface area contributed by atoms with Crippen molar-refractivity contribution in [2.45, 2.75) is 24.5 Å². The summed E-state index contributed by atoms with van der Waals surface area (Å²) in [6, 6.07) is 12.5. The molecule has 1 saturated carbocycles. The largest absolute Gasteiger partial charge is 0.479 e. The van der Waals surface area contributed by atoms with Crippen molar-refractivity contribution in [2.75, 3.05) is 0 Å². The second-order valence-electron chi connectivity index (χ2n) is 5.30. The van der Waals surface area contributed by atoms with Crippen LogP contribution in [0.15, 0.2) is 48.5 Å². The molecule has 23 heavy (non-hydrogen) atoms. The number of hydrogen-bond acceptors (Lipinski definition) is 3. The molecule has 2 aromatic carbocycles. The average Bonchev–Trinajstić information content (AvgIpc) is 3.27. The third-order valence-electron chi connectivity index (χ3n) is 3.57. The molecule has 3 atom stereocenters. The Balaban J connectivity index is 0.000000168. The SMILES string of the molecule is N[C@@H]1C[C@H]1c1cccc(F)c1F.O=C(O)[C@H](O)c1ccccc1. The number of nitrogens with two attached hydrogens (primary N) is 1. The summed E-state index contributed by atoms with van der Waals surface area (Å²) in [6.07, 6.45) is -0.642. The first-order valence-electron chi connectivity index (χ1n) is 7.07. The number of carbonyl (C=O) groups is 1. The second-order valence-corrected chi connectivity index (χ2v) is 5.30. The Kier molecular flexibility index (Phi) is 5.41. The molecule has 1 aliphatic rings. The lowest BCUT2D eigenvalue weighted by Gasteiger charge is -2.03. The van der Waals surface area contributed by atoms with Crippen LogP contribution in [0.1, 0.15) is 29.6 Å². The highest BCUT2D eigenvalue weighted by Gasteiger charge is 2.37. The van der Waals surface area contributed by atoms with Gasteiger partial charge in [0.2, 0.25) is 0 Å². The number of rotatable bonds is 3. The van der Waals surface area contributed by atoms with E-state index >= 15 is 0 Å². The monoisotopic (exact) mass is 321 g/mol. The van der Waals surface area contributed by atoms with Crippen molar-refractivity contribution in [3.05, 3.63) is 71.3 Å². The Bertz CT molecular complexity index is 679. The van der Waals surface area contributed by atoms with Crippen molar-refractivity contribution in [1.29, 1.82) is 0 Å². The maximum atomic E-state index is 13.0. The molecule has 0 aromatic heterocycles. The van der Waals surface area contributed by atoms with Crippen LogP contribution in [-0.2, 0) is 4.79 Å². The lowest BCUT2D eigenvalue weighted by atomic mass is 10.1. The van der Waals surface area contributed by atoms with Gasteiger partial charge in [-0.1, -0.05) is 42.5 Å². The third-order valence-corrected chi connectivity index (χ3v) is 3.57. The summed E-state index contributed by atoms with van der Waals surface area (Å²) < 4.78 is 25.7. The number of aliphatic hydroxyl groups is 1. The number of hydrogen-bond donors (Lipinski definition) is 3. The van der Waals surface area contributed by atoms with Crippen molar-refractivity contribution in [3.63, 3.8) is 0 Å². The Hall–Kier alpha value is -2.31. The van der Waals surface area contributed by atoms with Gasteiger partial charge in [0.05, 0.1) is 0 Å². The van der Waals surface area contributed by atoms with Crippen LogP contribution in [-0.4, -0.2) is 22.2 Å². The van der Waals surface area contributed by atoms with E-state index < -0.39 is 23.7 Å². The molecule has 2 aromatic rings. The smallest absolute Gasteiger partial charge is 0.337 e. The van der Waals surface area contributed by atoms with E-state index in [0.29, 0.717) is 11.1 Å². The van der Waals surface area contributed by atoms with Crippen molar-refractivity contribution >= 4 is 5.97 Å². The van der Waals surface area contributed by atoms with Crippen LogP contribution >= 0.6 is 0 Å². The van der Waals surface area contributed by atoms with E-state index in [-0.39, 0.29) is 12.0 Å². The Morgan fingerprint density at radius 1 is 1.13 bits per heavy atom. The molecule has 4 nitrogen and oxygen atoms in total. The topological polar surface area (TPSA) is 83.6 Å². The van der Waals surface area contributed by atoms with Gasteiger partial charge >= 0.3 is 5.97 Å². The standard InChI is InChI=1S/C9H9F2N.C8H8O3/c10-7-3-1-2-5(9(7)11)6-4-8(6)12;9-7(8(10)11)6-4-2-1-3-5-6/h1-3,6,8H,4,12H2;1-5,7,9H,(H,10,11)/t6-,8+;7-/m01/s1. The summed E-state index contributed by atoms with van der Waals surface area (Å²) in [5.41, 5.74) is 6.35. The van der Waals surface area contributed by atoms with Gasteiger partial charge in [0.15, 0.2) is 17.7 Å². The fourth-order valence-electron chi connectivity index (χ4n) is 2.16. The summed E-state index contributed by atoms with van der Waals surface area (Å²) in [7, 11) is 0. The molecular formula is C17H17F2NO3. The van der Waals surface area contributed by atoms with Crippen LogP contribution in [0, 0.1) is 11.6 Å². The molecule has 0 unspecified atom stereocenters. The normalized spacial score (nSPS) is 20.2. The van der Waals surface area contributed by atoms with Gasteiger partial charge in [-0.25, -0.2) is 13.6 Å². The average molecular weight is 321 g/mol. The molecule has 1 fully saturated rings. The van der Waals surface area contributed by atoms with Crippen LogP contribution in [0.2, 0.25) is 0 Å². The summed E-state index contributed by atoms with van der Waals surface area (Å²) >= 11 is 0. The molecule has 0 spiro atoms. The molecular weight excluding hydrogens is 304 g/mol. The number of carboxylic acids is 1. The molecule has 3 rings (SSSR count). The van der Waals surface area contributed by atoms with Crippen LogP contribution in [0.3, 0.4) is 0 Å². The number of aliphatic hydroxyl groups excluding tert-OH is 1. The van der Waals surface area contributed by atoms with Gasteiger partial charge in [-0.05, 0) is 23.6 Å². The maximum Gasteiger partial charge on any atom is 0.337 e. The minimum Gasteiger partial charge on any atom is -0.479 e. The first-order chi connectivity index (χ1) is 10.9. The molecule has 1 aliphatic carbocycles. The van der Waals surface area contributed by atoms with E-state index in [4.69, 9.17) is 15.9 Å². The minimum absolute atomic E-state index is 0.0151. The Morgan fingerprint density at radius 2 is 1.74 bits per heavy atom. The highest BCUT2D eigenvalue weighted by atomic mass is 19.2. The lowest BCUT2D eigenvalue weighted by molar-refractivity contribution is -0.146. The predicted molar refractivity (Wildman–Crippen MR) is 80.7 cm³/mol. The summed E-state index contributed by atoms with van der Waals surface area (Å²) in [5.74, 6) is -2.72. The molecule has 0 amide bonds. The summed E-state index contributed by atoms with van der Waals surface area (Å²) in [5, 5.41) is 17.4. The molecule has 6 heteroatoms. The fourth-order valence-corrected chi connectivity index (χ4v) is 2.16. The Morgan fingerprint density at radius 3 is 2.26 bits per heavy atom. The number of aliphatic carboxylic acids is 1. The van der Waals surface area contributed by atoms with E-state index in [1.807, 2.05) is 0 Å². The maximum absolute atomic E-state index is 13.0. The van der Waals surface area contributed by atoms with Crippen molar-refractivity contribution in [1.82, 2.24) is 0 Å². The van der Waals surface area contributed by atoms with E-state index in [1.165, 1.54) is 6.07 Å². The minimum atomic E-state index is -1.41. The molecule has 0 heterocycles. The first-order valence-corrected chi connectivity index (χ1v) is 7.07. The van der Waals surface area contributed by atoms with E-state index in [1.54, 1.807) is 36.4 Å². The van der Waals surface area contributed by atoms with Crippen molar-refractivity contribution in [3.8, 4) is 0 Å². The van der Waals surface area contributed by atoms with Crippen molar-refractivity contribution in [2.24, 2.45) is 5.73 Å². The van der Waals surface area contributed by atoms with Gasteiger partial charge in [-0.15, -0.1) is 0 Å². The van der Waals surface area contributed by atoms with Crippen LogP contribution in [0.4, 0.5) is 8.78 Å². The van der Waals surface area contributed by atoms with Gasteiger partial charge in [0.25, 0.3) is 0 Å². The van der Waals surface area contributed by atoms with Gasteiger partial charge in [0.1, 0.15) is 0 Å². The van der Waals surface area contributed by atoms with E-state index in [0.717, 1.165) is 12.5 Å². The van der Waals surface area contributed by atoms with Crippen molar-refractivity contribution < 1.29 is 23.8 Å². The quantitative estimate of drug-likeness (QED) is 0.811. The Labute approximate surface area is 132 Å². The van der Waals surface area contributed by atoms with Gasteiger partial charge < -0.3 is 15.9 Å². The highest BCUT2D eigenvalue weighted by Crippen LogP contribution is 2.40. The van der Waals surface area contributed by atoms with Gasteiger partial charge in [-0.3, -0.25) is 0 Å². The predicted octanol–water partition coefficient (Wildman–Crippen LogP) is 2.58. The third kappa shape index (κ3) is 4.34. The molecule has 0 bridgehead atoms. The van der Waals surface area contributed by atoms with Crippen LogP contribution in [0.5, 0.6) is 0 Å². The van der Waals surface area contributed by atoms with E-state index in [9.17, 15) is 13.6 Å². The van der Waals surface area contributed by atoms with Gasteiger partial charge in [-0.2, -0.15) is 0 Å². The zero-order valence-electron chi connectivity index (χ0n) is 12.2. The summed E-state index contributed by atoms with van der Waals surface area (Å²) in [4.78, 5) is 10.2. The molecule has 4 N–H and O–H groups in total. The fraction of sp³-hybridized carbons (Fsp3) is 0.235. The van der Waals surface area contributed by atoms with Crippen LogP contribution in [0.25, 0.3) is 0 Å². The molecule has 0 aliphatic heterocycles. The first kappa shape index (κ1) is 17.1. The molecule has 0 saturated heterocycles. The zero-order chi connectivity index (χ0) is 17.0.